The van der Waals surface area contributed by atoms with Gasteiger partial charge in [-0.3, -0.25) is 4.79 Å². The van der Waals surface area contributed by atoms with Gasteiger partial charge in [-0.15, -0.1) is 0 Å². The lowest BCUT2D eigenvalue weighted by Gasteiger charge is -2.38. The molecule has 3 rings (SSSR count). The van der Waals surface area contributed by atoms with Crippen LogP contribution in [0.15, 0.2) is 30.5 Å². The van der Waals surface area contributed by atoms with Gasteiger partial charge in [-0.1, -0.05) is 13.8 Å². The number of aromatic amines is 1. The lowest BCUT2D eigenvalue weighted by Crippen LogP contribution is -2.43. The molecule has 1 amide bonds. The van der Waals surface area contributed by atoms with Gasteiger partial charge in [-0.2, -0.15) is 0 Å². The van der Waals surface area contributed by atoms with Crippen LogP contribution < -0.4 is 0 Å². The Morgan fingerprint density at radius 3 is 2.95 bits per heavy atom. The molecule has 0 radical (unpaired) electrons. The van der Waals surface area contributed by atoms with Crippen molar-refractivity contribution in [2.45, 2.75) is 26.7 Å². The molecule has 2 heterocycles. The van der Waals surface area contributed by atoms with Crippen LogP contribution in [0.5, 0.6) is 0 Å². The number of H-pyrrole nitrogens is 1. The number of carbonyl (C=O) groups excluding carboxylic acids is 1. The zero-order chi connectivity index (χ0) is 13.5. The summed E-state index contributed by atoms with van der Waals surface area (Å²) in [7, 11) is 0. The summed E-state index contributed by atoms with van der Waals surface area (Å²) in [6, 6.07) is 7.89. The minimum Gasteiger partial charge on any atom is -0.361 e. The van der Waals surface area contributed by atoms with E-state index in [9.17, 15) is 4.79 Å². The van der Waals surface area contributed by atoms with Crippen LogP contribution in [-0.4, -0.2) is 28.9 Å². The lowest BCUT2D eigenvalue weighted by atomic mass is 9.84. The van der Waals surface area contributed by atoms with Crippen LogP contribution in [-0.2, 0) is 0 Å². The van der Waals surface area contributed by atoms with E-state index in [2.05, 4.69) is 18.8 Å². The average Bonchev–Trinajstić information content (AvgIpc) is 2.83. The van der Waals surface area contributed by atoms with Gasteiger partial charge in [0.05, 0.1) is 0 Å². The molecule has 1 N–H and O–H groups in total. The van der Waals surface area contributed by atoms with E-state index >= 15 is 0 Å². The maximum Gasteiger partial charge on any atom is 0.253 e. The van der Waals surface area contributed by atoms with Gasteiger partial charge in [-0.25, -0.2) is 0 Å². The number of benzene rings is 1. The molecule has 0 saturated carbocycles. The third-order valence-electron chi connectivity index (χ3n) is 3.99. The van der Waals surface area contributed by atoms with Crippen LogP contribution in [0.2, 0.25) is 0 Å². The molecular formula is C16H20N2O. The number of amides is 1. The zero-order valence-electron chi connectivity index (χ0n) is 11.6. The van der Waals surface area contributed by atoms with Crippen molar-refractivity contribution in [3.63, 3.8) is 0 Å². The van der Waals surface area contributed by atoms with E-state index in [1.54, 1.807) is 0 Å². The van der Waals surface area contributed by atoms with Crippen LogP contribution in [0.25, 0.3) is 10.9 Å². The fourth-order valence-electron chi connectivity index (χ4n) is 2.97. The second-order valence-electron chi connectivity index (χ2n) is 6.27. The highest BCUT2D eigenvalue weighted by atomic mass is 16.2. The summed E-state index contributed by atoms with van der Waals surface area (Å²) in [5, 5.41) is 1.10. The van der Waals surface area contributed by atoms with E-state index in [0.29, 0.717) is 0 Å². The first-order valence-corrected chi connectivity index (χ1v) is 6.92. The van der Waals surface area contributed by atoms with E-state index in [-0.39, 0.29) is 11.3 Å². The lowest BCUT2D eigenvalue weighted by molar-refractivity contribution is 0.0583. The Bertz CT molecular complexity index is 612. The number of hydrogen-bond donors (Lipinski definition) is 1. The van der Waals surface area contributed by atoms with E-state index in [4.69, 9.17) is 0 Å². The van der Waals surface area contributed by atoms with Crippen LogP contribution in [0.1, 0.15) is 37.0 Å². The van der Waals surface area contributed by atoms with Gasteiger partial charge in [0.15, 0.2) is 0 Å². The molecule has 0 unspecified atom stereocenters. The molecule has 1 aliphatic rings. The molecule has 0 aliphatic carbocycles. The zero-order valence-corrected chi connectivity index (χ0v) is 11.6. The van der Waals surface area contributed by atoms with Crippen molar-refractivity contribution in [1.29, 1.82) is 0 Å². The van der Waals surface area contributed by atoms with Gasteiger partial charge in [0.1, 0.15) is 0 Å². The van der Waals surface area contributed by atoms with Crippen molar-refractivity contribution < 1.29 is 4.79 Å². The monoisotopic (exact) mass is 256 g/mol. The standard InChI is InChI=1S/C16H20N2O/c1-16(2)7-3-9-18(11-16)15(19)13-4-5-14-12(10-13)6-8-17-14/h4-6,8,10,17H,3,7,9,11H2,1-2H3. The second-order valence-corrected chi connectivity index (χ2v) is 6.27. The first-order chi connectivity index (χ1) is 9.05. The van der Waals surface area contributed by atoms with E-state index < -0.39 is 0 Å². The van der Waals surface area contributed by atoms with Crippen LogP contribution >= 0.6 is 0 Å². The van der Waals surface area contributed by atoms with Crippen molar-refractivity contribution in [2.24, 2.45) is 5.41 Å². The van der Waals surface area contributed by atoms with Crippen molar-refractivity contribution in [2.75, 3.05) is 13.1 Å². The van der Waals surface area contributed by atoms with Crippen LogP contribution in [0.3, 0.4) is 0 Å². The molecule has 1 aromatic heterocycles. The van der Waals surface area contributed by atoms with Gasteiger partial charge in [0.2, 0.25) is 0 Å². The number of aromatic nitrogens is 1. The SMILES string of the molecule is CC1(C)CCCN(C(=O)c2ccc3[nH]ccc3c2)C1. The summed E-state index contributed by atoms with van der Waals surface area (Å²) >= 11 is 0. The largest absolute Gasteiger partial charge is 0.361 e. The summed E-state index contributed by atoms with van der Waals surface area (Å²) in [4.78, 5) is 17.7. The summed E-state index contributed by atoms with van der Waals surface area (Å²) in [6.45, 7) is 6.22. The van der Waals surface area contributed by atoms with Crippen LogP contribution in [0, 0.1) is 5.41 Å². The molecule has 0 bridgehead atoms. The van der Waals surface area contributed by atoms with Crippen molar-refractivity contribution in [3.8, 4) is 0 Å². The molecule has 1 saturated heterocycles. The minimum absolute atomic E-state index is 0.163. The summed E-state index contributed by atoms with van der Waals surface area (Å²) in [6.07, 6.45) is 4.21. The maximum atomic E-state index is 12.6. The highest BCUT2D eigenvalue weighted by Gasteiger charge is 2.29. The highest BCUT2D eigenvalue weighted by molar-refractivity contribution is 5.98. The quantitative estimate of drug-likeness (QED) is 0.833. The van der Waals surface area contributed by atoms with Gasteiger partial charge in [-0.05, 0) is 42.5 Å². The van der Waals surface area contributed by atoms with Crippen molar-refractivity contribution in [3.05, 3.63) is 36.0 Å². The minimum atomic E-state index is 0.163. The molecule has 0 atom stereocenters. The predicted octanol–water partition coefficient (Wildman–Crippen LogP) is 3.43. The molecule has 3 nitrogen and oxygen atoms in total. The summed E-state index contributed by atoms with van der Waals surface area (Å²) < 4.78 is 0. The Hall–Kier alpha value is -1.77. The first-order valence-electron chi connectivity index (χ1n) is 6.92. The number of piperidine rings is 1. The fraction of sp³-hybridized carbons (Fsp3) is 0.438. The molecule has 100 valence electrons. The smallest absolute Gasteiger partial charge is 0.253 e. The predicted molar refractivity (Wildman–Crippen MR) is 77.2 cm³/mol. The Kier molecular flexibility index (Phi) is 2.85. The topological polar surface area (TPSA) is 36.1 Å². The van der Waals surface area contributed by atoms with Gasteiger partial charge < -0.3 is 9.88 Å². The number of hydrogen-bond acceptors (Lipinski definition) is 1. The van der Waals surface area contributed by atoms with E-state index in [1.807, 2.05) is 35.4 Å². The highest BCUT2D eigenvalue weighted by Crippen LogP contribution is 2.29. The van der Waals surface area contributed by atoms with E-state index in [1.165, 1.54) is 6.42 Å². The average molecular weight is 256 g/mol. The van der Waals surface area contributed by atoms with Gasteiger partial charge >= 0.3 is 0 Å². The molecule has 1 aliphatic heterocycles. The van der Waals surface area contributed by atoms with Crippen molar-refractivity contribution >= 4 is 16.8 Å². The number of rotatable bonds is 1. The molecule has 0 spiro atoms. The summed E-state index contributed by atoms with van der Waals surface area (Å²) in [5.41, 5.74) is 2.12. The number of likely N-dealkylation sites (tertiary alicyclic amines) is 1. The Morgan fingerprint density at radius 2 is 2.16 bits per heavy atom. The Labute approximate surface area is 113 Å². The number of carbonyl (C=O) groups is 1. The first kappa shape index (κ1) is 12.3. The second kappa shape index (κ2) is 4.41. The fourth-order valence-corrected chi connectivity index (χ4v) is 2.97. The summed E-state index contributed by atoms with van der Waals surface area (Å²) in [5.74, 6) is 0.163. The number of nitrogens with one attached hydrogen (secondary N) is 1. The number of nitrogens with zero attached hydrogens (tertiary/aromatic N) is 1. The molecular weight excluding hydrogens is 236 g/mol. The van der Waals surface area contributed by atoms with E-state index in [0.717, 1.165) is 36.0 Å². The van der Waals surface area contributed by atoms with Crippen LogP contribution in [0.4, 0.5) is 0 Å². The number of fused-ring (bicyclic) bond motifs is 1. The molecule has 1 fully saturated rings. The molecule has 19 heavy (non-hydrogen) atoms. The molecule has 2 aromatic rings. The maximum absolute atomic E-state index is 12.6. The third kappa shape index (κ3) is 2.37. The normalized spacial score (nSPS) is 18.7. The van der Waals surface area contributed by atoms with Crippen molar-refractivity contribution in [1.82, 2.24) is 9.88 Å². The Balaban J connectivity index is 1.86. The van der Waals surface area contributed by atoms with Gasteiger partial charge in [0, 0.05) is 35.8 Å². The van der Waals surface area contributed by atoms with Gasteiger partial charge in [0.25, 0.3) is 5.91 Å². The Morgan fingerprint density at radius 1 is 1.32 bits per heavy atom. The third-order valence-corrected chi connectivity index (χ3v) is 3.99. The molecule has 3 heteroatoms. The molecule has 1 aromatic carbocycles.